The molecule has 2 aromatic carbocycles. The highest BCUT2D eigenvalue weighted by molar-refractivity contribution is 7.81. The first-order valence-electron chi connectivity index (χ1n) is 14.2. The van der Waals surface area contributed by atoms with Gasteiger partial charge in [-0.05, 0) is 24.3 Å². The number of nitro groups is 1. The first-order chi connectivity index (χ1) is 21.5. The molecule has 12 nitrogen and oxygen atoms in total. The summed E-state index contributed by atoms with van der Waals surface area (Å²) in [5, 5.41) is 10.9. The van der Waals surface area contributed by atoms with Gasteiger partial charge in [0.15, 0.2) is 0 Å². The maximum Gasteiger partial charge on any atom is 0.271 e. The highest BCUT2D eigenvalue weighted by Crippen LogP contribution is 2.36. The van der Waals surface area contributed by atoms with Crippen LogP contribution >= 0.6 is 0 Å². The predicted octanol–water partition coefficient (Wildman–Crippen LogP) is 0.463. The summed E-state index contributed by atoms with van der Waals surface area (Å²) in [6.45, 7) is 4.19. The highest BCUT2D eigenvalue weighted by Gasteiger charge is 2.22. The number of benzene rings is 2. The lowest BCUT2D eigenvalue weighted by molar-refractivity contribution is -0.384. The number of rotatable bonds is 7. The number of ether oxygens (including phenoxy) is 2. The Balaban J connectivity index is 0.000000171. The lowest BCUT2D eigenvalue weighted by Gasteiger charge is -2.30. The van der Waals surface area contributed by atoms with Crippen LogP contribution in [-0.2, 0) is 27.2 Å². The molecule has 0 bridgehead atoms. The van der Waals surface area contributed by atoms with Crippen LogP contribution < -0.4 is 25.0 Å². The van der Waals surface area contributed by atoms with Crippen LogP contribution in [0.25, 0.3) is 0 Å². The maximum absolute atomic E-state index is 10.9. The van der Waals surface area contributed by atoms with Crippen LogP contribution in [0.4, 0.5) is 22.7 Å². The second kappa shape index (κ2) is 15.6. The van der Waals surface area contributed by atoms with E-state index in [1.807, 2.05) is 65.0 Å². The molecule has 219 valence electrons. The number of non-ortho nitro benzene ring substituents is 1. The molecule has 0 unspecified atom stereocenters. The number of nitrogens with zero attached hydrogens (tertiary/aromatic N) is 7. The SMILES string of the molecule is Cn1cnc(CN2CCOc3ccc(N)cc32)c1.Cn1cnc(CN2CCOc3ccc([N+](=O)[O-])cc32)c1.[B][B]B([B])B([B])[B]. The van der Waals surface area contributed by atoms with Crippen LogP contribution in [-0.4, -0.2) is 101 Å². The standard InChI is InChI=1S/C13H14N4O3.C13H16N4O.B7/c1-15-7-10(14-9-15)8-16-4-5-20-13-3-2-11(17(18)19)6-12(13)16;1-16-7-11(15-9-16)8-17-4-5-18-13-3-2-10(14)6-12(13)17;1-5-7(4)6(2)3/h2-3,6-7,9H,4-5,8H2,1H3;2-3,6-7,9H,4-5,8,14H2,1H3;. The summed E-state index contributed by atoms with van der Waals surface area (Å²) < 4.78 is 15.0. The van der Waals surface area contributed by atoms with E-state index in [4.69, 9.17) is 46.2 Å². The quantitative estimate of drug-likeness (QED) is 0.141. The summed E-state index contributed by atoms with van der Waals surface area (Å²) in [6.07, 6.45) is 6.60. The van der Waals surface area contributed by atoms with Gasteiger partial charge in [-0.3, -0.25) is 10.1 Å². The third-order valence-corrected chi connectivity index (χ3v) is 6.94. The number of imidazole rings is 2. The van der Waals surface area contributed by atoms with E-state index in [2.05, 4.69) is 14.9 Å². The smallest absolute Gasteiger partial charge is 0.271 e. The number of hydrogen-bond acceptors (Lipinski definition) is 9. The summed E-state index contributed by atoms with van der Waals surface area (Å²) >= 11 is 0. The van der Waals surface area contributed by atoms with Crippen molar-refractivity contribution in [3.8, 4) is 11.5 Å². The Labute approximate surface area is 270 Å². The minimum absolute atomic E-state index is 0.0697. The van der Waals surface area contributed by atoms with Crippen molar-refractivity contribution in [1.82, 2.24) is 19.1 Å². The van der Waals surface area contributed by atoms with Crippen molar-refractivity contribution in [2.45, 2.75) is 13.1 Å². The molecule has 0 spiro atoms. The Morgan fingerprint density at radius 2 is 1.42 bits per heavy atom. The fourth-order valence-corrected chi connectivity index (χ4v) is 4.61. The number of hydrogen-bond donors (Lipinski definition) is 1. The Bertz CT molecular complexity index is 1570. The van der Waals surface area contributed by atoms with Crippen molar-refractivity contribution in [2.24, 2.45) is 14.1 Å². The Kier molecular flexibility index (Phi) is 11.7. The molecular weight excluding hydrogens is 564 g/mol. The molecule has 2 N–H and O–H groups in total. The van der Waals surface area contributed by atoms with Gasteiger partial charge in [0.2, 0.25) is 0 Å². The molecule has 0 saturated heterocycles. The van der Waals surface area contributed by atoms with E-state index in [1.54, 1.807) is 18.5 Å². The van der Waals surface area contributed by atoms with Gasteiger partial charge in [-0.1, -0.05) is 0 Å². The Morgan fingerprint density at radius 1 is 0.911 bits per heavy atom. The zero-order valence-electron chi connectivity index (χ0n) is 25.4. The maximum atomic E-state index is 10.9. The first kappa shape index (κ1) is 33.6. The van der Waals surface area contributed by atoms with E-state index in [0.717, 1.165) is 47.3 Å². The number of nitro benzene ring substituents is 1. The molecule has 9 radical (unpaired) electrons. The van der Waals surface area contributed by atoms with Gasteiger partial charge in [0, 0.05) is 95.1 Å². The topological polar surface area (TPSA) is 130 Å². The first-order valence-corrected chi connectivity index (χ1v) is 14.2. The third kappa shape index (κ3) is 9.35. The zero-order chi connectivity index (χ0) is 32.5. The zero-order valence-corrected chi connectivity index (χ0v) is 25.4. The van der Waals surface area contributed by atoms with Crippen molar-refractivity contribution < 1.29 is 14.4 Å². The largest absolute Gasteiger partial charge is 0.490 e. The van der Waals surface area contributed by atoms with Gasteiger partial charge in [0.25, 0.3) is 5.69 Å². The van der Waals surface area contributed by atoms with Crippen LogP contribution in [0.1, 0.15) is 11.4 Å². The average molecular weight is 594 g/mol. The van der Waals surface area contributed by atoms with Crippen LogP contribution in [0.15, 0.2) is 61.4 Å². The third-order valence-electron chi connectivity index (χ3n) is 6.94. The highest BCUT2D eigenvalue weighted by atomic mass is 16.6. The fraction of sp³-hybridized carbons (Fsp3) is 0.308. The average Bonchev–Trinajstić information content (AvgIpc) is 3.64. The predicted molar refractivity (Wildman–Crippen MR) is 184 cm³/mol. The Hall–Kier alpha value is -4.29. The summed E-state index contributed by atoms with van der Waals surface area (Å²) in [7, 11) is 25.5. The van der Waals surface area contributed by atoms with E-state index in [9.17, 15) is 10.1 Å². The molecule has 2 aromatic heterocycles. The van der Waals surface area contributed by atoms with E-state index in [-0.39, 0.29) is 12.1 Å². The van der Waals surface area contributed by atoms with Gasteiger partial charge in [0.1, 0.15) is 24.7 Å². The van der Waals surface area contributed by atoms with Gasteiger partial charge in [-0.25, -0.2) is 9.97 Å². The van der Waals surface area contributed by atoms with Crippen molar-refractivity contribution in [3.63, 3.8) is 0 Å². The molecule has 0 aliphatic carbocycles. The van der Waals surface area contributed by atoms with Gasteiger partial charge in [-0.2, -0.15) is 0 Å². The summed E-state index contributed by atoms with van der Waals surface area (Å²) in [6, 6.07) is 10.4. The van der Waals surface area contributed by atoms with Crippen molar-refractivity contribution in [3.05, 3.63) is 82.9 Å². The minimum Gasteiger partial charge on any atom is -0.490 e. The number of nitrogens with two attached hydrogens (primary N) is 1. The summed E-state index contributed by atoms with van der Waals surface area (Å²) in [5.74, 6) is 1.57. The number of nitrogen functional groups attached to an aromatic ring is 1. The summed E-state index contributed by atoms with van der Waals surface area (Å²) in [5.41, 5.74) is 10.4. The molecule has 19 heteroatoms. The van der Waals surface area contributed by atoms with Crippen molar-refractivity contribution in [2.75, 3.05) is 41.8 Å². The number of anilines is 3. The number of aromatic nitrogens is 4. The van der Waals surface area contributed by atoms with E-state index in [1.165, 1.54) is 13.1 Å². The second-order valence-electron chi connectivity index (χ2n) is 10.6. The number of aryl methyl sites for hydroxylation is 2. The molecule has 4 aromatic rings. The van der Waals surface area contributed by atoms with E-state index in [0.29, 0.717) is 32.1 Å². The Morgan fingerprint density at radius 3 is 1.84 bits per heavy atom. The molecule has 0 fully saturated rings. The second-order valence-corrected chi connectivity index (χ2v) is 10.6. The normalized spacial score (nSPS) is 12.9. The minimum atomic E-state index is -0.537. The van der Waals surface area contributed by atoms with Crippen LogP contribution in [0.3, 0.4) is 0 Å². The van der Waals surface area contributed by atoms with Crippen molar-refractivity contribution in [1.29, 1.82) is 0 Å². The molecular formula is C26H30B7N8O4. The monoisotopic (exact) mass is 595 g/mol. The van der Waals surface area contributed by atoms with E-state index >= 15 is 0 Å². The van der Waals surface area contributed by atoms with Crippen LogP contribution in [0, 0.1) is 10.1 Å². The molecule has 0 amide bonds. The molecule has 4 heterocycles. The molecule has 45 heavy (non-hydrogen) atoms. The fourth-order valence-electron chi connectivity index (χ4n) is 4.61. The van der Waals surface area contributed by atoms with Gasteiger partial charge in [0.05, 0.1) is 66.5 Å². The molecule has 0 atom stereocenters. The van der Waals surface area contributed by atoms with Crippen molar-refractivity contribution >= 4 is 73.5 Å². The van der Waals surface area contributed by atoms with Crippen LogP contribution in [0.2, 0.25) is 0 Å². The lowest BCUT2D eigenvalue weighted by Crippen LogP contribution is -2.43. The summed E-state index contributed by atoms with van der Waals surface area (Å²) in [4.78, 5) is 23.4. The molecule has 0 saturated carbocycles. The molecule has 6 rings (SSSR count). The van der Waals surface area contributed by atoms with Gasteiger partial charge in [-0.15, -0.1) is 0 Å². The van der Waals surface area contributed by atoms with Gasteiger partial charge >= 0.3 is 0 Å². The molecule has 2 aliphatic rings. The molecule has 2 aliphatic heterocycles. The lowest BCUT2D eigenvalue weighted by atomic mass is 8.76. The van der Waals surface area contributed by atoms with Gasteiger partial charge < -0.3 is 34.1 Å². The number of fused-ring (bicyclic) bond motifs is 2. The van der Waals surface area contributed by atoms with E-state index < -0.39 is 11.3 Å². The van der Waals surface area contributed by atoms with Crippen LogP contribution in [0.5, 0.6) is 11.5 Å².